The van der Waals surface area contributed by atoms with E-state index in [0.717, 1.165) is 15.8 Å². The van der Waals surface area contributed by atoms with Gasteiger partial charge < -0.3 is 14.5 Å². The van der Waals surface area contributed by atoms with Crippen LogP contribution in [-0.4, -0.2) is 35.0 Å². The third kappa shape index (κ3) is 6.27. The van der Waals surface area contributed by atoms with Crippen LogP contribution in [0.4, 0.5) is 0 Å². The standard InChI is InChI=1S/C18H15BrClN3O3S/c19-13-2-1-3-15(10-13)25-9-8-21-16(24)11-27-18-23-22-17(26-18)12-4-6-14(20)7-5-12/h1-7,10H,8-9,11H2,(H,21,24). The molecule has 0 aliphatic carbocycles. The van der Waals surface area contributed by atoms with Crippen molar-refractivity contribution < 1.29 is 13.9 Å². The third-order valence-corrected chi connectivity index (χ3v) is 4.88. The van der Waals surface area contributed by atoms with E-state index < -0.39 is 0 Å². The van der Waals surface area contributed by atoms with Crippen molar-refractivity contribution in [2.24, 2.45) is 0 Å². The molecular weight excluding hydrogens is 454 g/mol. The lowest BCUT2D eigenvalue weighted by Gasteiger charge is -2.07. The lowest BCUT2D eigenvalue weighted by Crippen LogP contribution is -2.29. The molecule has 0 aliphatic rings. The van der Waals surface area contributed by atoms with Gasteiger partial charge in [-0.1, -0.05) is 45.4 Å². The Kier molecular flexibility index (Phi) is 7.14. The SMILES string of the molecule is O=C(CSc1nnc(-c2ccc(Cl)cc2)o1)NCCOc1cccc(Br)c1. The molecule has 9 heteroatoms. The van der Waals surface area contributed by atoms with Gasteiger partial charge in [0.15, 0.2) is 0 Å². The second-order valence-corrected chi connectivity index (χ2v) is 7.60. The molecule has 1 N–H and O–H groups in total. The summed E-state index contributed by atoms with van der Waals surface area (Å²) in [6.07, 6.45) is 0. The number of ether oxygens (including phenoxy) is 1. The lowest BCUT2D eigenvalue weighted by atomic mass is 10.2. The van der Waals surface area contributed by atoms with Crippen LogP contribution in [0.15, 0.2) is 62.6 Å². The van der Waals surface area contributed by atoms with Crippen molar-refractivity contribution in [3.63, 3.8) is 0 Å². The molecule has 0 fully saturated rings. The summed E-state index contributed by atoms with van der Waals surface area (Å²) in [5.41, 5.74) is 0.771. The van der Waals surface area contributed by atoms with Crippen molar-refractivity contribution in [1.82, 2.24) is 15.5 Å². The average Bonchev–Trinajstić information content (AvgIpc) is 3.13. The van der Waals surface area contributed by atoms with Crippen molar-refractivity contribution >= 4 is 45.2 Å². The van der Waals surface area contributed by atoms with Gasteiger partial charge in [0.2, 0.25) is 11.8 Å². The highest BCUT2D eigenvalue weighted by molar-refractivity contribution is 9.10. The maximum Gasteiger partial charge on any atom is 0.277 e. The summed E-state index contributed by atoms with van der Waals surface area (Å²) >= 11 is 10.4. The summed E-state index contributed by atoms with van der Waals surface area (Å²) in [5.74, 6) is 1.17. The molecule has 0 radical (unpaired) electrons. The second-order valence-electron chi connectivity index (χ2n) is 5.32. The first-order valence-corrected chi connectivity index (χ1v) is 10.1. The predicted molar refractivity (Wildman–Crippen MR) is 108 cm³/mol. The second kappa shape index (κ2) is 9.77. The molecule has 1 amide bonds. The summed E-state index contributed by atoms with van der Waals surface area (Å²) in [7, 11) is 0. The van der Waals surface area contributed by atoms with Gasteiger partial charge in [0.1, 0.15) is 12.4 Å². The summed E-state index contributed by atoms with van der Waals surface area (Å²) in [5, 5.41) is 11.7. The molecule has 1 aromatic heterocycles. The van der Waals surface area contributed by atoms with E-state index in [9.17, 15) is 4.79 Å². The fraction of sp³-hybridized carbons (Fsp3) is 0.167. The van der Waals surface area contributed by atoms with E-state index in [4.69, 9.17) is 20.8 Å². The Labute approximate surface area is 173 Å². The van der Waals surface area contributed by atoms with Crippen LogP contribution in [0.2, 0.25) is 5.02 Å². The van der Waals surface area contributed by atoms with Crippen molar-refractivity contribution in [3.05, 3.63) is 58.0 Å². The highest BCUT2D eigenvalue weighted by Gasteiger charge is 2.11. The number of nitrogens with zero attached hydrogens (tertiary/aromatic N) is 2. The lowest BCUT2D eigenvalue weighted by molar-refractivity contribution is -0.118. The Morgan fingerprint density at radius 2 is 2.04 bits per heavy atom. The van der Waals surface area contributed by atoms with Crippen LogP contribution in [0.5, 0.6) is 5.75 Å². The van der Waals surface area contributed by atoms with Crippen LogP contribution in [0.3, 0.4) is 0 Å². The van der Waals surface area contributed by atoms with E-state index in [1.165, 1.54) is 11.8 Å². The van der Waals surface area contributed by atoms with Crippen LogP contribution in [0.25, 0.3) is 11.5 Å². The Morgan fingerprint density at radius 1 is 1.22 bits per heavy atom. The van der Waals surface area contributed by atoms with Crippen LogP contribution >= 0.6 is 39.3 Å². The molecular formula is C18H15BrClN3O3S. The first kappa shape index (κ1) is 19.7. The van der Waals surface area contributed by atoms with Crippen molar-refractivity contribution in [1.29, 1.82) is 0 Å². The largest absolute Gasteiger partial charge is 0.492 e. The summed E-state index contributed by atoms with van der Waals surface area (Å²) < 4.78 is 12.0. The van der Waals surface area contributed by atoms with Crippen molar-refractivity contribution in [2.45, 2.75) is 5.22 Å². The maximum absolute atomic E-state index is 11.9. The molecule has 3 aromatic rings. The van der Waals surface area contributed by atoms with E-state index in [1.54, 1.807) is 24.3 Å². The molecule has 6 nitrogen and oxygen atoms in total. The molecule has 0 saturated heterocycles. The highest BCUT2D eigenvalue weighted by atomic mass is 79.9. The highest BCUT2D eigenvalue weighted by Crippen LogP contribution is 2.24. The topological polar surface area (TPSA) is 77.2 Å². The molecule has 3 rings (SSSR count). The van der Waals surface area contributed by atoms with Gasteiger partial charge >= 0.3 is 0 Å². The number of carbonyl (C=O) groups excluding carboxylic acids is 1. The van der Waals surface area contributed by atoms with Gasteiger partial charge in [-0.3, -0.25) is 4.79 Å². The van der Waals surface area contributed by atoms with E-state index >= 15 is 0 Å². The minimum absolute atomic E-state index is 0.135. The Bertz CT molecular complexity index is 905. The van der Waals surface area contributed by atoms with Gasteiger partial charge in [0, 0.05) is 15.1 Å². The smallest absolute Gasteiger partial charge is 0.277 e. The van der Waals surface area contributed by atoms with Gasteiger partial charge in [-0.15, -0.1) is 10.2 Å². The first-order valence-electron chi connectivity index (χ1n) is 7.97. The van der Waals surface area contributed by atoms with Gasteiger partial charge in [-0.2, -0.15) is 0 Å². The fourth-order valence-corrected chi connectivity index (χ4v) is 3.17. The van der Waals surface area contributed by atoms with Crippen LogP contribution < -0.4 is 10.1 Å². The number of hydrogen-bond acceptors (Lipinski definition) is 6. The molecule has 0 unspecified atom stereocenters. The van der Waals surface area contributed by atoms with Crippen LogP contribution in [0.1, 0.15) is 0 Å². The molecule has 140 valence electrons. The van der Waals surface area contributed by atoms with E-state index in [1.807, 2.05) is 24.3 Å². The Hall–Kier alpha value is -2.03. The quantitative estimate of drug-likeness (QED) is 0.389. The minimum atomic E-state index is -0.135. The molecule has 0 bridgehead atoms. The number of aromatic nitrogens is 2. The monoisotopic (exact) mass is 467 g/mol. The number of carbonyl (C=O) groups is 1. The molecule has 0 spiro atoms. The van der Waals surface area contributed by atoms with Gasteiger partial charge in [-0.05, 0) is 42.5 Å². The van der Waals surface area contributed by atoms with Crippen LogP contribution in [-0.2, 0) is 4.79 Å². The van der Waals surface area contributed by atoms with Crippen LogP contribution in [0, 0.1) is 0 Å². The zero-order chi connectivity index (χ0) is 19.1. The Balaban J connectivity index is 1.38. The number of benzene rings is 2. The van der Waals surface area contributed by atoms with E-state index in [-0.39, 0.29) is 11.7 Å². The first-order chi connectivity index (χ1) is 13.1. The molecule has 1 heterocycles. The number of amides is 1. The van der Waals surface area contributed by atoms with E-state index in [2.05, 4.69) is 31.4 Å². The van der Waals surface area contributed by atoms with Gasteiger partial charge in [-0.25, -0.2) is 0 Å². The van der Waals surface area contributed by atoms with Gasteiger partial charge in [0.05, 0.1) is 12.3 Å². The predicted octanol–water partition coefficient (Wildman–Crippen LogP) is 4.44. The van der Waals surface area contributed by atoms with Crippen molar-refractivity contribution in [3.8, 4) is 17.2 Å². The number of nitrogens with one attached hydrogen (secondary N) is 1. The zero-order valence-corrected chi connectivity index (χ0v) is 17.2. The maximum atomic E-state index is 11.9. The third-order valence-electron chi connectivity index (χ3n) is 3.31. The van der Waals surface area contributed by atoms with Gasteiger partial charge in [0.25, 0.3) is 5.22 Å². The summed E-state index contributed by atoms with van der Waals surface area (Å²) in [6.45, 7) is 0.792. The molecule has 27 heavy (non-hydrogen) atoms. The molecule has 0 atom stereocenters. The Morgan fingerprint density at radius 3 is 2.81 bits per heavy atom. The number of halogens is 2. The average molecular weight is 469 g/mol. The number of hydrogen-bond donors (Lipinski definition) is 1. The van der Waals surface area contributed by atoms with Crippen molar-refractivity contribution in [2.75, 3.05) is 18.9 Å². The minimum Gasteiger partial charge on any atom is -0.492 e. The van der Waals surface area contributed by atoms with E-state index in [0.29, 0.717) is 29.3 Å². The fourth-order valence-electron chi connectivity index (χ4n) is 2.07. The summed E-state index contributed by atoms with van der Waals surface area (Å²) in [6, 6.07) is 14.6. The molecule has 0 saturated carbocycles. The molecule has 2 aromatic carbocycles. The molecule has 0 aliphatic heterocycles. The normalized spacial score (nSPS) is 10.6. The summed E-state index contributed by atoms with van der Waals surface area (Å²) in [4.78, 5) is 11.9. The number of rotatable bonds is 8. The zero-order valence-electron chi connectivity index (χ0n) is 14.0. The number of thioether (sulfide) groups is 1.